The number of hydrogen-bond donors (Lipinski definition) is 9. The SMILES string of the molecule is O=C(O)Cc1ccc(O)c(O)c1.O=C(O)c1cc(O)cc(O)c1.O=C(O)c1ccc(O)c(O)c1. The fourth-order valence-corrected chi connectivity index (χ4v) is 2.23. The molecule has 0 spiro atoms. The quantitative estimate of drug-likeness (QED) is 0.247. The summed E-state index contributed by atoms with van der Waals surface area (Å²) in [4.78, 5) is 30.8. The molecule has 34 heavy (non-hydrogen) atoms. The third-order valence-corrected chi connectivity index (χ3v) is 3.77. The second-order valence-corrected chi connectivity index (χ2v) is 6.45. The number of aromatic carboxylic acids is 2. The molecule has 0 aliphatic heterocycles. The number of carboxylic acids is 3. The summed E-state index contributed by atoms with van der Waals surface area (Å²) in [6, 6.07) is 10.4. The topological polar surface area (TPSA) is 233 Å². The average molecular weight is 476 g/mol. The molecule has 0 amide bonds. The zero-order valence-corrected chi connectivity index (χ0v) is 17.2. The number of carbonyl (C=O) groups is 3. The fourth-order valence-electron chi connectivity index (χ4n) is 2.23. The van der Waals surface area contributed by atoms with Gasteiger partial charge in [0.15, 0.2) is 23.0 Å². The maximum atomic E-state index is 10.3. The Morgan fingerprint density at radius 1 is 0.529 bits per heavy atom. The lowest BCUT2D eigenvalue weighted by Crippen LogP contribution is -1.99. The van der Waals surface area contributed by atoms with Crippen LogP contribution in [0.4, 0.5) is 0 Å². The molecular weight excluding hydrogens is 456 g/mol. The minimum absolute atomic E-state index is 0.0553. The van der Waals surface area contributed by atoms with Crippen molar-refractivity contribution in [3.8, 4) is 34.5 Å². The number of phenolic OH excluding ortho intramolecular Hbond substituents is 6. The van der Waals surface area contributed by atoms with Gasteiger partial charge in [-0.05, 0) is 48.0 Å². The molecule has 12 heteroatoms. The van der Waals surface area contributed by atoms with E-state index in [9.17, 15) is 14.4 Å². The number of carboxylic acid groups (broad SMARTS) is 3. The number of rotatable bonds is 4. The number of benzene rings is 3. The third-order valence-electron chi connectivity index (χ3n) is 3.77. The van der Waals surface area contributed by atoms with Crippen molar-refractivity contribution in [3.63, 3.8) is 0 Å². The van der Waals surface area contributed by atoms with Gasteiger partial charge in [-0.25, -0.2) is 9.59 Å². The van der Waals surface area contributed by atoms with Gasteiger partial charge in [-0.1, -0.05) is 6.07 Å². The zero-order valence-electron chi connectivity index (χ0n) is 17.2. The van der Waals surface area contributed by atoms with E-state index < -0.39 is 23.7 Å². The first-order valence-electron chi connectivity index (χ1n) is 9.04. The highest BCUT2D eigenvalue weighted by atomic mass is 16.4. The van der Waals surface area contributed by atoms with Crippen LogP contribution in [0.5, 0.6) is 34.5 Å². The lowest BCUT2D eigenvalue weighted by atomic mass is 10.1. The summed E-state index contributed by atoms with van der Waals surface area (Å²) in [5, 5.41) is 78.3. The van der Waals surface area contributed by atoms with Crippen molar-refractivity contribution in [2.45, 2.75) is 6.42 Å². The summed E-state index contributed by atoms with van der Waals surface area (Å²) in [5.74, 6) is -5.11. The van der Waals surface area contributed by atoms with Gasteiger partial charge in [0.2, 0.25) is 0 Å². The standard InChI is InChI=1S/C8H8O4.2C7H6O4/c9-6-2-1-5(3-7(6)10)4-8(11)12;8-5-1-4(7(10)11)2-6(9)3-5;8-5-2-1-4(7(10)11)3-6(5)9/h1-3,9-10H,4H2,(H,11,12);2*1-3,8-9H,(H,10,11). The molecule has 3 rings (SSSR count). The number of hydrogen-bond acceptors (Lipinski definition) is 9. The summed E-state index contributed by atoms with van der Waals surface area (Å²) in [7, 11) is 0. The van der Waals surface area contributed by atoms with Gasteiger partial charge in [-0.15, -0.1) is 0 Å². The Labute approximate surface area is 191 Å². The van der Waals surface area contributed by atoms with E-state index in [0.717, 1.165) is 30.3 Å². The molecule has 0 aliphatic carbocycles. The summed E-state index contributed by atoms with van der Waals surface area (Å²) in [5.41, 5.74) is 0.264. The van der Waals surface area contributed by atoms with Crippen LogP contribution in [-0.4, -0.2) is 63.9 Å². The highest BCUT2D eigenvalue weighted by Crippen LogP contribution is 2.25. The molecule has 0 fully saturated rings. The van der Waals surface area contributed by atoms with E-state index >= 15 is 0 Å². The largest absolute Gasteiger partial charge is 0.508 e. The molecule has 0 aliphatic rings. The molecule has 0 unspecified atom stereocenters. The first kappa shape index (κ1) is 26.9. The Morgan fingerprint density at radius 2 is 1.00 bits per heavy atom. The van der Waals surface area contributed by atoms with Crippen molar-refractivity contribution in [2.75, 3.05) is 0 Å². The second kappa shape index (κ2) is 12.0. The summed E-state index contributed by atoms with van der Waals surface area (Å²) >= 11 is 0. The van der Waals surface area contributed by atoms with Gasteiger partial charge >= 0.3 is 17.9 Å². The van der Waals surface area contributed by atoms with Crippen molar-refractivity contribution in [1.29, 1.82) is 0 Å². The highest BCUT2D eigenvalue weighted by Gasteiger charge is 2.06. The van der Waals surface area contributed by atoms with Gasteiger partial charge < -0.3 is 46.0 Å². The molecule has 0 saturated carbocycles. The van der Waals surface area contributed by atoms with Crippen LogP contribution in [0.1, 0.15) is 26.3 Å². The Kier molecular flexibility index (Phi) is 9.53. The van der Waals surface area contributed by atoms with Gasteiger partial charge in [-0.3, -0.25) is 4.79 Å². The van der Waals surface area contributed by atoms with Crippen LogP contribution in [0.2, 0.25) is 0 Å². The number of aromatic hydroxyl groups is 6. The molecule has 0 radical (unpaired) electrons. The molecule has 0 aromatic heterocycles. The van der Waals surface area contributed by atoms with E-state index in [1.807, 2.05) is 0 Å². The predicted molar refractivity (Wildman–Crippen MR) is 115 cm³/mol. The summed E-state index contributed by atoms with van der Waals surface area (Å²) in [6.07, 6.45) is -0.159. The van der Waals surface area contributed by atoms with Crippen molar-refractivity contribution in [1.82, 2.24) is 0 Å². The molecule has 180 valence electrons. The maximum absolute atomic E-state index is 10.3. The van der Waals surface area contributed by atoms with Gasteiger partial charge in [-0.2, -0.15) is 0 Å². The summed E-state index contributed by atoms with van der Waals surface area (Å²) < 4.78 is 0. The van der Waals surface area contributed by atoms with Crippen LogP contribution in [0.3, 0.4) is 0 Å². The van der Waals surface area contributed by atoms with Crippen molar-refractivity contribution in [2.24, 2.45) is 0 Å². The Morgan fingerprint density at radius 3 is 1.41 bits per heavy atom. The first-order valence-corrected chi connectivity index (χ1v) is 9.04. The van der Waals surface area contributed by atoms with Crippen LogP contribution in [0, 0.1) is 0 Å². The van der Waals surface area contributed by atoms with Crippen LogP contribution < -0.4 is 0 Å². The molecule has 3 aromatic carbocycles. The smallest absolute Gasteiger partial charge is 0.335 e. The molecule has 0 saturated heterocycles. The van der Waals surface area contributed by atoms with Crippen molar-refractivity contribution in [3.05, 3.63) is 71.3 Å². The van der Waals surface area contributed by atoms with E-state index in [-0.39, 0.29) is 46.3 Å². The number of aliphatic carboxylic acids is 1. The van der Waals surface area contributed by atoms with Crippen LogP contribution in [-0.2, 0) is 11.2 Å². The molecular formula is C22H20O12. The Balaban J connectivity index is 0.000000255. The van der Waals surface area contributed by atoms with E-state index in [0.29, 0.717) is 5.56 Å². The van der Waals surface area contributed by atoms with Crippen molar-refractivity contribution >= 4 is 17.9 Å². The molecule has 0 atom stereocenters. The molecule has 0 bridgehead atoms. The average Bonchev–Trinajstić information content (AvgIpc) is 2.72. The van der Waals surface area contributed by atoms with Crippen LogP contribution in [0.15, 0.2) is 54.6 Å². The molecule has 3 aromatic rings. The van der Waals surface area contributed by atoms with Gasteiger partial charge in [0.1, 0.15) is 11.5 Å². The van der Waals surface area contributed by atoms with E-state index in [1.54, 1.807) is 0 Å². The predicted octanol–water partition coefficient (Wildman–Crippen LogP) is 2.32. The Hall–Kier alpha value is -5.13. The van der Waals surface area contributed by atoms with E-state index in [1.165, 1.54) is 24.3 Å². The Bertz CT molecular complexity index is 1170. The first-order chi connectivity index (χ1) is 15.8. The normalized spacial score (nSPS) is 9.53. The minimum atomic E-state index is -1.18. The van der Waals surface area contributed by atoms with Crippen LogP contribution in [0.25, 0.3) is 0 Å². The number of phenols is 6. The highest BCUT2D eigenvalue weighted by molar-refractivity contribution is 5.89. The zero-order chi connectivity index (χ0) is 26.0. The minimum Gasteiger partial charge on any atom is -0.508 e. The molecule has 0 heterocycles. The van der Waals surface area contributed by atoms with E-state index in [4.69, 9.17) is 46.0 Å². The van der Waals surface area contributed by atoms with Crippen LogP contribution >= 0.6 is 0 Å². The fraction of sp³-hybridized carbons (Fsp3) is 0.0455. The molecule has 12 nitrogen and oxygen atoms in total. The monoisotopic (exact) mass is 476 g/mol. The lowest BCUT2D eigenvalue weighted by molar-refractivity contribution is -0.136. The summed E-state index contributed by atoms with van der Waals surface area (Å²) in [6.45, 7) is 0. The van der Waals surface area contributed by atoms with Gasteiger partial charge in [0.05, 0.1) is 17.5 Å². The second-order valence-electron chi connectivity index (χ2n) is 6.45. The third kappa shape index (κ3) is 8.93. The van der Waals surface area contributed by atoms with Crippen molar-refractivity contribution < 1.29 is 60.3 Å². The maximum Gasteiger partial charge on any atom is 0.335 e. The molecule has 9 N–H and O–H groups in total. The van der Waals surface area contributed by atoms with E-state index in [2.05, 4.69) is 0 Å². The van der Waals surface area contributed by atoms with Gasteiger partial charge in [0, 0.05) is 6.07 Å². The lowest BCUT2D eigenvalue weighted by Gasteiger charge is -1.99. The van der Waals surface area contributed by atoms with Gasteiger partial charge in [0.25, 0.3) is 0 Å².